The van der Waals surface area contributed by atoms with E-state index in [2.05, 4.69) is 26.6 Å². The lowest BCUT2D eigenvalue weighted by Crippen LogP contribution is -2.65. The van der Waals surface area contributed by atoms with Crippen molar-refractivity contribution in [3.05, 3.63) is 34.3 Å². The molecule has 0 spiro atoms. The van der Waals surface area contributed by atoms with Crippen LogP contribution >= 0.6 is 11.6 Å². The highest BCUT2D eigenvalue weighted by atomic mass is 35.5. The minimum absolute atomic E-state index is 0.0226. The lowest BCUT2D eigenvalue weighted by Gasteiger charge is -2.45. The molecule has 3 aliphatic heterocycles. The van der Waals surface area contributed by atoms with E-state index in [1.54, 1.807) is 14.0 Å². The van der Waals surface area contributed by atoms with Crippen LogP contribution < -0.4 is 26.6 Å². The number of alkyl halides is 3. The zero-order valence-electron chi connectivity index (χ0n) is 61.1. The predicted octanol–water partition coefficient (Wildman–Crippen LogP) is 4.90. The van der Waals surface area contributed by atoms with Crippen molar-refractivity contribution in [2.75, 3.05) is 81.2 Å². The smallest absolute Gasteiger partial charge is 0.417 e. The van der Waals surface area contributed by atoms with Gasteiger partial charge in [0.1, 0.15) is 53.9 Å². The first-order valence-electron chi connectivity index (χ1n) is 36.7. The van der Waals surface area contributed by atoms with E-state index in [0.717, 1.165) is 62.0 Å². The van der Waals surface area contributed by atoms with E-state index in [9.17, 15) is 66.2 Å². The standard InChI is InChI=1S/C72H110ClF3N12O14/c1-11-44(4)59(80-61(92)52(77-6)38-43(2)3)69(100)83(8)45(5)64(95)88-33-29-55(88)68(99)84(9)56(40-46-20-13-12-14-21-46)67(98)82(7)42-57(89)78-51(28-26-47-25-27-49(50(73)39-47)72(74,75)76)66(97)87-32-19-24-54(87)62(93)81-71(30-17-18-31-71)70(101)85(10)60(48-22-15-16-23-48)63(94)79-53(41-58(90)91)65(96)86-34-36-102-37-35-86/h25,27,39,43-46,48,51-56,59-60,77H,11-24,26,28-38,40-42H2,1-10H3,(H,78,89)(H,79,94)(H,80,92)(H,81,93)(H,90,91)/t44-,45-,51-,52-,53-,54-,55-,56-,59-,60-/m0/s1. The maximum absolute atomic E-state index is 15.2. The van der Waals surface area contributed by atoms with E-state index in [0.29, 0.717) is 44.9 Å². The van der Waals surface area contributed by atoms with E-state index in [1.165, 1.54) is 63.7 Å². The molecule has 6 N–H and O–H groups in total. The van der Waals surface area contributed by atoms with Crippen molar-refractivity contribution < 1.29 is 80.5 Å². The number of amides is 11. The molecule has 6 aliphatic rings. The topological polar surface area (TPSA) is 317 Å². The Kier molecular flexibility index (Phi) is 29.8. The van der Waals surface area contributed by atoms with E-state index in [1.807, 2.05) is 27.7 Å². The first-order chi connectivity index (χ1) is 48.2. The van der Waals surface area contributed by atoms with Crippen LogP contribution in [0.25, 0.3) is 0 Å². The largest absolute Gasteiger partial charge is 0.481 e. The summed E-state index contributed by atoms with van der Waals surface area (Å²) >= 11 is 6.15. The van der Waals surface area contributed by atoms with Gasteiger partial charge < -0.3 is 70.7 Å². The van der Waals surface area contributed by atoms with Crippen molar-refractivity contribution in [2.45, 2.75) is 242 Å². The first-order valence-corrected chi connectivity index (χ1v) is 37.1. The molecule has 6 fully saturated rings. The fourth-order valence-corrected chi connectivity index (χ4v) is 15.9. The Hall–Kier alpha value is -7.14. The van der Waals surface area contributed by atoms with Gasteiger partial charge in [-0.15, -0.1) is 0 Å². The molecule has 3 saturated carbocycles. The number of likely N-dealkylation sites (tertiary alicyclic amines) is 2. The van der Waals surface area contributed by atoms with Gasteiger partial charge in [0.05, 0.1) is 42.8 Å². The summed E-state index contributed by atoms with van der Waals surface area (Å²) in [4.78, 5) is 181. The van der Waals surface area contributed by atoms with Crippen LogP contribution in [-0.4, -0.2) is 251 Å². The van der Waals surface area contributed by atoms with Crippen LogP contribution in [-0.2, 0) is 74.9 Å². The summed E-state index contributed by atoms with van der Waals surface area (Å²) in [5.74, 6) is -8.34. The molecule has 7 rings (SSSR count). The van der Waals surface area contributed by atoms with E-state index >= 15 is 9.59 Å². The Balaban J connectivity index is 1.08. The van der Waals surface area contributed by atoms with Gasteiger partial charge in [-0.25, -0.2) is 0 Å². The number of halogens is 4. The SMILES string of the molecule is CC[C@H](C)[C@H](NC(=O)[C@H](CC(C)C)NC)C(=O)N(C)[C@@H](C)C(=O)N1CC[C@H]1C(=O)N(C)[C@@H](CC1CCCCC1)C(=O)N(C)CC(=O)N[C@@H](CCc1ccc(C(F)(F)F)c(Cl)c1)C(=O)N1CCC[C@H]1C(=O)NC1(C(=O)N(C)[C@H](C(=O)N[C@@H](CC(=O)O)C(=O)N2CCOCC2)C2CCCC2)CCCC1. The van der Waals surface area contributed by atoms with Crippen LogP contribution in [0.5, 0.6) is 0 Å². The van der Waals surface area contributed by atoms with Gasteiger partial charge in [0, 0.05) is 54.4 Å². The number of hydrogen-bond acceptors (Lipinski definition) is 14. The summed E-state index contributed by atoms with van der Waals surface area (Å²) in [5, 5.41) is 23.7. The third-order valence-corrected chi connectivity index (χ3v) is 22.4. The number of nitrogens with one attached hydrogen (secondary N) is 5. The van der Waals surface area contributed by atoms with Crippen molar-refractivity contribution in [3.63, 3.8) is 0 Å². The van der Waals surface area contributed by atoms with Crippen molar-refractivity contribution in [2.24, 2.45) is 23.7 Å². The van der Waals surface area contributed by atoms with Crippen molar-refractivity contribution in [1.29, 1.82) is 0 Å². The van der Waals surface area contributed by atoms with Gasteiger partial charge in [0.15, 0.2) is 0 Å². The van der Waals surface area contributed by atoms with Gasteiger partial charge in [0.25, 0.3) is 0 Å². The minimum atomic E-state index is -4.77. The summed E-state index contributed by atoms with van der Waals surface area (Å²) in [5.41, 5.74) is -2.35. The molecule has 30 heteroatoms. The normalized spacial score (nSPS) is 21.1. The maximum Gasteiger partial charge on any atom is 0.417 e. The van der Waals surface area contributed by atoms with Crippen LogP contribution in [0.3, 0.4) is 0 Å². The number of carbonyl (C=O) groups excluding carboxylic acids is 11. The molecular weight excluding hydrogens is 1350 g/mol. The number of likely N-dealkylation sites (N-methyl/N-ethyl adjacent to an activating group) is 5. The predicted molar refractivity (Wildman–Crippen MR) is 372 cm³/mol. The number of carboxylic acids is 1. The summed E-state index contributed by atoms with van der Waals surface area (Å²) in [6, 6.07) is -6.75. The molecule has 10 atom stereocenters. The quantitative estimate of drug-likeness (QED) is 0.0559. The second kappa shape index (κ2) is 37.0. The monoisotopic (exact) mass is 1460 g/mol. The van der Waals surface area contributed by atoms with Gasteiger partial charge in [0.2, 0.25) is 65.0 Å². The Labute approximate surface area is 602 Å². The second-order valence-corrected chi connectivity index (χ2v) is 30.1. The van der Waals surface area contributed by atoms with Gasteiger partial charge in [-0.1, -0.05) is 110 Å². The number of carbonyl (C=O) groups is 12. The molecule has 570 valence electrons. The van der Waals surface area contributed by atoms with Crippen molar-refractivity contribution in [3.8, 4) is 0 Å². The number of aryl methyl sites for hydroxylation is 1. The van der Waals surface area contributed by atoms with Crippen LogP contribution in [0.15, 0.2) is 18.2 Å². The van der Waals surface area contributed by atoms with Crippen molar-refractivity contribution >= 4 is 82.5 Å². The number of benzene rings is 1. The lowest BCUT2D eigenvalue weighted by molar-refractivity contribution is -0.160. The molecule has 11 amide bonds. The number of ether oxygens (including phenoxy) is 1. The highest BCUT2D eigenvalue weighted by Gasteiger charge is 2.51. The average molecular weight is 1460 g/mol. The zero-order valence-corrected chi connectivity index (χ0v) is 61.9. The molecule has 0 bridgehead atoms. The first kappa shape index (κ1) is 82.1. The number of rotatable bonds is 32. The molecule has 102 heavy (non-hydrogen) atoms. The van der Waals surface area contributed by atoms with E-state index in [-0.39, 0.29) is 119 Å². The summed E-state index contributed by atoms with van der Waals surface area (Å²) < 4.78 is 47.0. The van der Waals surface area contributed by atoms with Gasteiger partial charge in [-0.2, -0.15) is 13.2 Å². The highest BCUT2D eigenvalue weighted by Crippen LogP contribution is 2.38. The zero-order chi connectivity index (χ0) is 75.1. The second-order valence-electron chi connectivity index (χ2n) is 29.6. The molecule has 3 saturated heterocycles. The average Bonchev–Trinajstić information content (AvgIpc) is 1.51. The Morgan fingerprint density at radius 1 is 0.696 bits per heavy atom. The Morgan fingerprint density at radius 2 is 1.33 bits per heavy atom. The van der Waals surface area contributed by atoms with Crippen LogP contribution in [0.4, 0.5) is 13.2 Å². The summed E-state index contributed by atoms with van der Waals surface area (Å²) in [6.07, 6.45) is 4.58. The summed E-state index contributed by atoms with van der Waals surface area (Å²) in [6.45, 7) is 9.73. The number of morpholine rings is 1. The molecule has 1 aromatic rings. The molecule has 0 unspecified atom stereocenters. The molecule has 26 nitrogen and oxygen atoms in total. The van der Waals surface area contributed by atoms with Crippen molar-refractivity contribution in [1.82, 2.24) is 60.9 Å². The number of aliphatic carboxylic acids is 1. The number of hydrogen-bond donors (Lipinski definition) is 6. The fraction of sp³-hybridized carbons (Fsp3) is 0.750. The fourth-order valence-electron chi connectivity index (χ4n) is 15.6. The third-order valence-electron chi connectivity index (χ3n) is 22.1. The molecule has 3 aliphatic carbocycles. The third kappa shape index (κ3) is 20.6. The summed E-state index contributed by atoms with van der Waals surface area (Å²) in [7, 11) is 7.49. The molecule has 3 heterocycles. The number of nitrogens with zero attached hydrogens (tertiary/aromatic N) is 7. The molecule has 1 aromatic carbocycles. The molecular formula is C72H110ClF3N12O14. The van der Waals surface area contributed by atoms with E-state index < -0.39 is 155 Å². The number of carboxylic acid groups (broad SMARTS) is 1. The maximum atomic E-state index is 15.2. The van der Waals surface area contributed by atoms with Gasteiger partial charge in [-0.3, -0.25) is 57.5 Å². The Morgan fingerprint density at radius 3 is 1.91 bits per heavy atom. The van der Waals surface area contributed by atoms with Crippen LogP contribution in [0.1, 0.15) is 181 Å². The van der Waals surface area contributed by atoms with Gasteiger partial charge in [-0.05, 0) is 126 Å². The lowest BCUT2D eigenvalue weighted by atomic mass is 9.84. The Bertz CT molecular complexity index is 3160. The molecule has 0 aromatic heterocycles. The minimum Gasteiger partial charge on any atom is -0.481 e. The van der Waals surface area contributed by atoms with Crippen LogP contribution in [0.2, 0.25) is 5.02 Å². The van der Waals surface area contributed by atoms with E-state index in [4.69, 9.17) is 16.3 Å². The van der Waals surface area contributed by atoms with Gasteiger partial charge >= 0.3 is 12.1 Å². The van der Waals surface area contributed by atoms with Crippen LogP contribution in [0, 0.1) is 23.7 Å². The molecule has 0 radical (unpaired) electrons. The highest BCUT2D eigenvalue weighted by molar-refractivity contribution is 6.31.